The minimum Gasteiger partial charge on any atom is -0.504 e. The van der Waals surface area contributed by atoms with Gasteiger partial charge in [-0.1, -0.05) is 6.07 Å². The van der Waals surface area contributed by atoms with Crippen molar-refractivity contribution >= 4 is 17.4 Å². The molecule has 5 aliphatic rings. The Morgan fingerprint density at radius 3 is 2.73 bits per heavy atom. The van der Waals surface area contributed by atoms with Crippen molar-refractivity contribution < 1.29 is 42.4 Å². The van der Waals surface area contributed by atoms with Crippen molar-refractivity contribution in [2.75, 3.05) is 25.5 Å². The van der Waals surface area contributed by atoms with E-state index in [-0.39, 0.29) is 35.4 Å². The van der Waals surface area contributed by atoms with Crippen LogP contribution in [0, 0.1) is 11.8 Å². The number of aliphatic hydroxyl groups is 1. The molecule has 0 radical (unpaired) electrons. The van der Waals surface area contributed by atoms with Crippen molar-refractivity contribution in [1.82, 2.24) is 4.90 Å². The van der Waals surface area contributed by atoms with Crippen LogP contribution in [0.25, 0.3) is 0 Å². The van der Waals surface area contributed by atoms with Gasteiger partial charge in [-0.25, -0.2) is 0 Å². The molecule has 2 saturated carbocycles. The zero-order chi connectivity index (χ0) is 28.2. The zero-order valence-electron chi connectivity index (χ0n) is 21.8. The molecule has 2 aliphatic heterocycles. The third-order valence-electron chi connectivity index (χ3n) is 9.68. The van der Waals surface area contributed by atoms with Gasteiger partial charge in [-0.2, -0.15) is 13.2 Å². The van der Waals surface area contributed by atoms with Crippen LogP contribution in [0.3, 0.4) is 0 Å². The number of amides is 1. The number of nitrogens with one attached hydrogen (secondary N) is 1. The molecular weight excluding hydrogens is 529 g/mol. The number of piperidine rings is 1. The number of Topliss-reactive ketones (excluding diaryl/α,β-unsaturated/α-hetero) is 1. The molecule has 11 heteroatoms. The number of phenols is 1. The fourth-order valence-corrected chi connectivity index (χ4v) is 7.71. The minimum absolute atomic E-state index is 0.104. The van der Waals surface area contributed by atoms with Crippen molar-refractivity contribution in [2.24, 2.45) is 11.8 Å². The van der Waals surface area contributed by atoms with Crippen LogP contribution >= 0.6 is 0 Å². The summed E-state index contributed by atoms with van der Waals surface area (Å²) in [4.78, 5) is 29.8. The summed E-state index contributed by atoms with van der Waals surface area (Å²) < 4.78 is 51.5. The van der Waals surface area contributed by atoms with Crippen molar-refractivity contribution in [2.45, 2.75) is 61.4 Å². The van der Waals surface area contributed by atoms with Crippen molar-refractivity contribution in [3.63, 3.8) is 0 Å². The quantitative estimate of drug-likeness (QED) is 0.483. The number of hydrogen-bond donors (Lipinski definition) is 3. The van der Waals surface area contributed by atoms with Gasteiger partial charge in [0.05, 0.1) is 23.7 Å². The predicted octanol–water partition coefficient (Wildman–Crippen LogP) is 3.42. The van der Waals surface area contributed by atoms with Crippen LogP contribution in [-0.2, 0) is 27.6 Å². The first-order valence-corrected chi connectivity index (χ1v) is 13.6. The van der Waals surface area contributed by atoms with E-state index in [4.69, 9.17) is 9.47 Å². The highest BCUT2D eigenvalue weighted by Crippen LogP contribution is 2.65. The second-order valence-corrected chi connectivity index (χ2v) is 11.8. The highest BCUT2D eigenvalue weighted by Gasteiger charge is 2.75. The molecule has 3 aliphatic carbocycles. The van der Waals surface area contributed by atoms with E-state index in [1.165, 1.54) is 19.2 Å². The molecule has 1 saturated heterocycles. The van der Waals surface area contributed by atoms with Crippen LogP contribution in [-0.4, -0.2) is 64.7 Å². The molecule has 1 spiro atoms. The average molecular weight is 559 g/mol. The first kappa shape index (κ1) is 25.6. The van der Waals surface area contributed by atoms with Gasteiger partial charge >= 0.3 is 6.18 Å². The Hall–Kier alpha value is -3.31. The number of benzene rings is 2. The van der Waals surface area contributed by atoms with Gasteiger partial charge in [-0.05, 0) is 68.3 Å². The monoisotopic (exact) mass is 558 g/mol. The molecule has 8 nitrogen and oxygen atoms in total. The van der Waals surface area contributed by atoms with E-state index >= 15 is 0 Å². The molecule has 2 heterocycles. The van der Waals surface area contributed by atoms with Crippen LogP contribution in [0.1, 0.15) is 42.4 Å². The lowest BCUT2D eigenvalue weighted by molar-refractivity contribution is -0.197. The number of likely N-dealkylation sites (tertiary alicyclic amines) is 1. The Morgan fingerprint density at radius 1 is 1.25 bits per heavy atom. The number of nitrogens with zero attached hydrogens (tertiary/aromatic N) is 1. The van der Waals surface area contributed by atoms with Crippen LogP contribution in [0.2, 0.25) is 0 Å². The molecular formula is C29H29F3N2O6. The predicted molar refractivity (Wildman–Crippen MR) is 135 cm³/mol. The topological polar surface area (TPSA) is 108 Å². The molecule has 1 amide bonds. The van der Waals surface area contributed by atoms with Gasteiger partial charge < -0.3 is 25.0 Å². The van der Waals surface area contributed by atoms with E-state index in [0.717, 1.165) is 37.1 Å². The lowest BCUT2D eigenvalue weighted by Crippen LogP contribution is -2.78. The van der Waals surface area contributed by atoms with Crippen LogP contribution in [0.15, 0.2) is 30.3 Å². The first-order valence-electron chi connectivity index (χ1n) is 13.6. The van der Waals surface area contributed by atoms with Crippen molar-refractivity contribution in [1.29, 1.82) is 0 Å². The molecule has 40 heavy (non-hydrogen) atoms. The molecule has 0 aromatic heterocycles. The molecule has 3 N–H and O–H groups in total. The van der Waals surface area contributed by atoms with E-state index in [2.05, 4.69) is 10.2 Å². The van der Waals surface area contributed by atoms with Crippen molar-refractivity contribution in [3.8, 4) is 17.2 Å². The Kier molecular flexibility index (Phi) is 5.36. The van der Waals surface area contributed by atoms with E-state index in [0.29, 0.717) is 30.9 Å². The zero-order valence-corrected chi connectivity index (χ0v) is 21.8. The summed E-state index contributed by atoms with van der Waals surface area (Å²) in [7, 11) is 1.22. The van der Waals surface area contributed by atoms with Gasteiger partial charge in [-0.15, -0.1) is 0 Å². The number of methoxy groups -OCH3 is 1. The van der Waals surface area contributed by atoms with Crippen LogP contribution < -0.4 is 14.8 Å². The molecule has 2 aromatic carbocycles. The maximum absolute atomic E-state index is 14.0. The van der Waals surface area contributed by atoms with Crippen LogP contribution in [0.5, 0.6) is 17.2 Å². The first-order chi connectivity index (χ1) is 19.0. The minimum atomic E-state index is -4.68. The average Bonchev–Trinajstić information content (AvgIpc) is 3.64. The lowest BCUT2D eigenvalue weighted by Gasteiger charge is -2.63. The van der Waals surface area contributed by atoms with Gasteiger partial charge in [0.1, 0.15) is 11.7 Å². The number of anilines is 1. The molecule has 2 aromatic rings. The largest absolute Gasteiger partial charge is 0.504 e. The highest BCUT2D eigenvalue weighted by atomic mass is 19.4. The second kappa shape index (κ2) is 8.36. The van der Waals surface area contributed by atoms with E-state index in [1.54, 1.807) is 0 Å². The van der Waals surface area contributed by atoms with Gasteiger partial charge in [-0.3, -0.25) is 14.5 Å². The smallest absolute Gasteiger partial charge is 0.416 e. The summed E-state index contributed by atoms with van der Waals surface area (Å²) in [5, 5.41) is 25.8. The molecule has 2 bridgehead atoms. The third kappa shape index (κ3) is 3.46. The van der Waals surface area contributed by atoms with E-state index in [9.17, 15) is 33.0 Å². The Bertz CT molecular complexity index is 1440. The number of ketones is 1. The number of phenolic OH excluding ortho intramolecular Hbond substituents is 1. The summed E-state index contributed by atoms with van der Waals surface area (Å²) in [5.41, 5.74) is -2.27. The second-order valence-electron chi connectivity index (χ2n) is 11.8. The Morgan fingerprint density at radius 2 is 2.02 bits per heavy atom. The molecule has 7 rings (SSSR count). The summed E-state index contributed by atoms with van der Waals surface area (Å²) in [6, 6.07) is 5.81. The van der Waals surface area contributed by atoms with Gasteiger partial charge in [0.2, 0.25) is 5.91 Å². The normalized spacial score (nSPS) is 32.3. The summed E-state index contributed by atoms with van der Waals surface area (Å²) in [5.74, 6) is -2.27. The SMILES string of the molecule is COc1cc(NC(=O)C2C[C@@]3(O)[C@H]4Cc5ccc(O)c6c5[C@@]3(CCN4CC3CC3)[C@@H](O6)C2=O)cc(C(F)(F)F)c1. The molecule has 5 atom stereocenters. The lowest BCUT2D eigenvalue weighted by atomic mass is 9.47. The maximum Gasteiger partial charge on any atom is 0.416 e. The third-order valence-corrected chi connectivity index (χ3v) is 9.68. The Labute approximate surface area is 228 Å². The van der Waals surface area contributed by atoms with Gasteiger partial charge in [0.15, 0.2) is 23.4 Å². The maximum atomic E-state index is 14.0. The summed E-state index contributed by atoms with van der Waals surface area (Å²) in [6.45, 7) is 1.45. The fraction of sp³-hybridized carbons (Fsp3) is 0.517. The number of carbonyl (C=O) groups is 2. The Balaban J connectivity index is 1.28. The fourth-order valence-electron chi connectivity index (χ4n) is 7.71. The summed E-state index contributed by atoms with van der Waals surface area (Å²) >= 11 is 0. The van der Waals surface area contributed by atoms with Crippen molar-refractivity contribution in [3.05, 3.63) is 47.0 Å². The molecule has 1 unspecified atom stereocenters. The van der Waals surface area contributed by atoms with Gasteiger partial charge in [0.25, 0.3) is 0 Å². The number of rotatable bonds is 5. The molecule has 3 fully saturated rings. The van der Waals surface area contributed by atoms with Crippen LogP contribution in [0.4, 0.5) is 18.9 Å². The van der Waals surface area contributed by atoms with E-state index in [1.807, 2.05) is 6.07 Å². The number of ether oxygens (including phenoxy) is 2. The number of alkyl halides is 3. The van der Waals surface area contributed by atoms with E-state index < -0.39 is 46.5 Å². The molecule has 212 valence electrons. The highest BCUT2D eigenvalue weighted by molar-refractivity contribution is 6.10. The standard InChI is InChI=1S/C29H29F3N2O6/c1-39-18-10-16(29(30,31)32)9-17(11-18)33-26(37)19-12-28(38)21-8-15-4-5-20(35)24-22(15)27(28,25(40-24)23(19)36)6-7-34(21)13-14-2-3-14/h4-5,9-11,14,19,21,25,35,38H,2-3,6-8,12-13H2,1H3,(H,33,37)/t19?,21-,25+,27+,28-/m1/s1. The summed E-state index contributed by atoms with van der Waals surface area (Å²) in [6.07, 6.45) is -2.94. The van der Waals surface area contributed by atoms with Gasteiger partial charge in [0, 0.05) is 29.9 Å². The number of hydrogen-bond acceptors (Lipinski definition) is 7. The number of carbonyl (C=O) groups excluding carboxylic acids is 2. The number of aromatic hydroxyl groups is 1. The number of halogens is 3.